The smallest absolute Gasteiger partial charge is 0.283 e. The molecule has 32 heavy (non-hydrogen) atoms. The maximum absolute atomic E-state index is 13.5. The second-order valence-corrected chi connectivity index (χ2v) is 9.43. The molecule has 2 amide bonds. The van der Waals surface area contributed by atoms with Gasteiger partial charge in [0.15, 0.2) is 0 Å². The van der Waals surface area contributed by atoms with Gasteiger partial charge in [-0.25, -0.2) is 4.90 Å². The first kappa shape index (κ1) is 22.2. The fraction of sp³-hybridized carbons (Fsp3) is 0.154. The summed E-state index contributed by atoms with van der Waals surface area (Å²) < 4.78 is 0. The van der Waals surface area contributed by atoms with E-state index in [4.69, 9.17) is 11.6 Å². The molecule has 3 aromatic carbocycles. The van der Waals surface area contributed by atoms with Gasteiger partial charge in [0.25, 0.3) is 11.8 Å². The number of aryl methyl sites for hydroxylation is 4. The Morgan fingerprint density at radius 3 is 2.12 bits per heavy atom. The normalized spacial score (nSPS) is 13.8. The van der Waals surface area contributed by atoms with Gasteiger partial charge in [0.05, 0.1) is 5.69 Å². The van der Waals surface area contributed by atoms with E-state index in [1.807, 2.05) is 82.3 Å². The molecular weight excluding hydrogens is 440 g/mol. The molecule has 1 heterocycles. The Balaban J connectivity index is 1.77. The van der Waals surface area contributed by atoms with Crippen molar-refractivity contribution in [1.29, 1.82) is 0 Å². The highest BCUT2D eigenvalue weighted by molar-refractivity contribution is 8.04. The minimum Gasteiger partial charge on any atom is -0.350 e. The lowest BCUT2D eigenvalue weighted by Crippen LogP contribution is -2.33. The standard InChI is InChI=1S/C26H23ClN2O2S/c1-15-5-10-20(11-6-15)32-24-23(28-19-9-8-17(3)21(27)14-19)25(30)29(26(24)31)22-12-7-16(2)13-18(22)4/h5-14,28H,1-4H3. The minimum atomic E-state index is -0.381. The summed E-state index contributed by atoms with van der Waals surface area (Å²) in [5, 5.41) is 3.75. The second-order valence-electron chi connectivity index (χ2n) is 7.94. The first-order chi connectivity index (χ1) is 15.2. The van der Waals surface area contributed by atoms with Crippen LogP contribution in [0.1, 0.15) is 22.3 Å². The second kappa shape index (κ2) is 8.85. The Labute approximate surface area is 197 Å². The van der Waals surface area contributed by atoms with Gasteiger partial charge in [-0.2, -0.15) is 0 Å². The molecule has 1 aliphatic rings. The van der Waals surface area contributed by atoms with Gasteiger partial charge in [-0.1, -0.05) is 64.8 Å². The molecule has 162 valence electrons. The number of hydrogen-bond donors (Lipinski definition) is 1. The summed E-state index contributed by atoms with van der Waals surface area (Å²) in [6.45, 7) is 7.81. The SMILES string of the molecule is Cc1ccc(SC2=C(Nc3ccc(C)c(Cl)c3)C(=O)N(c3ccc(C)cc3C)C2=O)cc1. The molecule has 0 saturated carbocycles. The lowest BCUT2D eigenvalue weighted by Gasteiger charge is -2.18. The van der Waals surface area contributed by atoms with Crippen molar-refractivity contribution in [1.82, 2.24) is 0 Å². The highest BCUT2D eigenvalue weighted by atomic mass is 35.5. The van der Waals surface area contributed by atoms with Crippen molar-refractivity contribution in [2.45, 2.75) is 32.6 Å². The van der Waals surface area contributed by atoms with Crippen molar-refractivity contribution in [3.05, 3.63) is 98.5 Å². The molecule has 0 aliphatic carbocycles. The summed E-state index contributed by atoms with van der Waals surface area (Å²) in [5.41, 5.74) is 5.49. The molecule has 6 heteroatoms. The molecule has 1 N–H and O–H groups in total. The van der Waals surface area contributed by atoms with Crippen LogP contribution in [0.3, 0.4) is 0 Å². The number of hydrogen-bond acceptors (Lipinski definition) is 4. The van der Waals surface area contributed by atoms with Gasteiger partial charge in [-0.3, -0.25) is 9.59 Å². The van der Waals surface area contributed by atoms with Crippen LogP contribution in [0.5, 0.6) is 0 Å². The van der Waals surface area contributed by atoms with E-state index in [1.54, 1.807) is 6.07 Å². The summed E-state index contributed by atoms with van der Waals surface area (Å²) in [5.74, 6) is -0.721. The van der Waals surface area contributed by atoms with E-state index in [0.29, 0.717) is 21.3 Å². The van der Waals surface area contributed by atoms with Crippen LogP contribution in [-0.2, 0) is 9.59 Å². The molecule has 4 rings (SSSR count). The third-order valence-electron chi connectivity index (χ3n) is 5.32. The van der Waals surface area contributed by atoms with Gasteiger partial charge in [-0.15, -0.1) is 0 Å². The van der Waals surface area contributed by atoms with E-state index in [9.17, 15) is 9.59 Å². The molecule has 0 bridgehead atoms. The Morgan fingerprint density at radius 1 is 0.781 bits per heavy atom. The van der Waals surface area contributed by atoms with E-state index in [0.717, 1.165) is 27.1 Å². The summed E-state index contributed by atoms with van der Waals surface area (Å²) in [4.78, 5) is 29.5. The molecule has 1 aliphatic heterocycles. The summed E-state index contributed by atoms with van der Waals surface area (Å²) >= 11 is 7.57. The monoisotopic (exact) mass is 462 g/mol. The van der Waals surface area contributed by atoms with Crippen LogP contribution >= 0.6 is 23.4 Å². The zero-order valence-electron chi connectivity index (χ0n) is 18.3. The molecular formula is C26H23ClN2O2S. The number of amides is 2. The van der Waals surface area contributed by atoms with Gasteiger partial charge < -0.3 is 5.32 Å². The topological polar surface area (TPSA) is 49.4 Å². The van der Waals surface area contributed by atoms with Crippen LogP contribution in [0.25, 0.3) is 0 Å². The molecule has 3 aromatic rings. The lowest BCUT2D eigenvalue weighted by atomic mass is 10.1. The molecule has 0 fully saturated rings. The van der Waals surface area contributed by atoms with Crippen molar-refractivity contribution >= 4 is 46.6 Å². The summed E-state index contributed by atoms with van der Waals surface area (Å²) in [6, 6.07) is 19.0. The molecule has 0 unspecified atom stereocenters. The number of imide groups is 1. The number of anilines is 2. The molecule has 0 spiro atoms. The maximum Gasteiger partial charge on any atom is 0.283 e. The number of benzene rings is 3. The van der Waals surface area contributed by atoms with Crippen molar-refractivity contribution in [3.63, 3.8) is 0 Å². The molecule has 0 saturated heterocycles. The molecule has 0 radical (unpaired) electrons. The van der Waals surface area contributed by atoms with Gasteiger partial charge in [-0.05, 0) is 69.2 Å². The predicted octanol–water partition coefficient (Wildman–Crippen LogP) is 6.56. The number of halogens is 1. The average Bonchev–Trinajstić information content (AvgIpc) is 2.97. The van der Waals surface area contributed by atoms with Crippen LogP contribution in [0.15, 0.2) is 76.2 Å². The molecule has 0 aromatic heterocycles. The maximum atomic E-state index is 13.5. The van der Waals surface area contributed by atoms with E-state index in [1.165, 1.54) is 16.7 Å². The van der Waals surface area contributed by atoms with Crippen molar-refractivity contribution in [3.8, 4) is 0 Å². The fourth-order valence-electron chi connectivity index (χ4n) is 3.53. The van der Waals surface area contributed by atoms with Gasteiger partial charge >= 0.3 is 0 Å². The van der Waals surface area contributed by atoms with E-state index in [-0.39, 0.29) is 17.5 Å². The Morgan fingerprint density at radius 2 is 1.47 bits per heavy atom. The number of nitrogens with one attached hydrogen (secondary N) is 1. The molecule has 4 nitrogen and oxygen atoms in total. The minimum absolute atomic E-state index is 0.250. The quantitative estimate of drug-likeness (QED) is 0.436. The van der Waals surface area contributed by atoms with Crippen LogP contribution in [0, 0.1) is 27.7 Å². The van der Waals surface area contributed by atoms with E-state index < -0.39 is 0 Å². The number of thioether (sulfide) groups is 1. The van der Waals surface area contributed by atoms with Crippen molar-refractivity contribution in [2.24, 2.45) is 0 Å². The number of rotatable bonds is 5. The van der Waals surface area contributed by atoms with E-state index in [2.05, 4.69) is 5.32 Å². The van der Waals surface area contributed by atoms with E-state index >= 15 is 0 Å². The Kier molecular flexibility index (Phi) is 6.13. The van der Waals surface area contributed by atoms with Gasteiger partial charge in [0.2, 0.25) is 0 Å². The number of carbonyl (C=O) groups excluding carboxylic acids is 2. The van der Waals surface area contributed by atoms with Crippen LogP contribution in [-0.4, -0.2) is 11.8 Å². The van der Waals surface area contributed by atoms with Gasteiger partial charge in [0.1, 0.15) is 10.6 Å². The highest BCUT2D eigenvalue weighted by Crippen LogP contribution is 2.39. The summed E-state index contributed by atoms with van der Waals surface area (Å²) in [7, 11) is 0. The zero-order valence-corrected chi connectivity index (χ0v) is 19.9. The lowest BCUT2D eigenvalue weighted by molar-refractivity contribution is -0.120. The third kappa shape index (κ3) is 4.31. The Hall–Kier alpha value is -3.02. The number of carbonyl (C=O) groups is 2. The first-order valence-corrected chi connectivity index (χ1v) is 11.4. The third-order valence-corrected chi connectivity index (χ3v) is 6.81. The number of nitrogens with zero attached hydrogens (tertiary/aromatic N) is 1. The van der Waals surface area contributed by atoms with Crippen molar-refractivity contribution < 1.29 is 9.59 Å². The highest BCUT2D eigenvalue weighted by Gasteiger charge is 2.40. The largest absolute Gasteiger partial charge is 0.350 e. The van der Waals surface area contributed by atoms with Crippen LogP contribution in [0.2, 0.25) is 5.02 Å². The Bertz CT molecular complexity index is 1270. The van der Waals surface area contributed by atoms with Crippen LogP contribution in [0.4, 0.5) is 11.4 Å². The van der Waals surface area contributed by atoms with Gasteiger partial charge in [0, 0.05) is 15.6 Å². The van der Waals surface area contributed by atoms with Crippen molar-refractivity contribution in [2.75, 3.05) is 10.2 Å². The average molecular weight is 463 g/mol. The predicted molar refractivity (Wildman–Crippen MR) is 132 cm³/mol. The molecule has 0 atom stereocenters. The summed E-state index contributed by atoms with van der Waals surface area (Å²) in [6.07, 6.45) is 0. The first-order valence-electron chi connectivity index (χ1n) is 10.2. The fourth-order valence-corrected chi connectivity index (χ4v) is 4.64. The van der Waals surface area contributed by atoms with Crippen LogP contribution < -0.4 is 10.2 Å². The zero-order chi connectivity index (χ0) is 23.0.